The monoisotopic (exact) mass is 312 g/mol. The minimum absolute atomic E-state index is 0.0437. The first-order chi connectivity index (χ1) is 9.34. The first-order valence-electron chi connectivity index (χ1n) is 6.65. The Balaban J connectivity index is 3.69. The largest absolute Gasteiger partial charge is 0.416 e. The summed E-state index contributed by atoms with van der Waals surface area (Å²) in [4.78, 5) is 0. The fourth-order valence-electron chi connectivity index (χ4n) is 2.16. The fourth-order valence-corrected chi connectivity index (χ4v) is 2.16. The molecule has 0 heterocycles. The van der Waals surface area contributed by atoms with Crippen LogP contribution in [0.25, 0.3) is 0 Å². The predicted molar refractivity (Wildman–Crippen MR) is 69.1 cm³/mol. The fraction of sp³-hybridized carbons (Fsp3) is 0.600. The summed E-state index contributed by atoms with van der Waals surface area (Å²) in [6, 6.07) is 1.69. The van der Waals surface area contributed by atoms with E-state index < -0.39 is 35.0 Å². The summed E-state index contributed by atoms with van der Waals surface area (Å²) in [5.41, 5.74) is -2.96. The van der Waals surface area contributed by atoms with E-state index in [2.05, 4.69) is 0 Å². The van der Waals surface area contributed by atoms with Gasteiger partial charge in [-0.25, -0.2) is 0 Å². The van der Waals surface area contributed by atoms with Gasteiger partial charge in [0.05, 0.1) is 11.1 Å². The first kappa shape index (κ1) is 17.9. The third kappa shape index (κ3) is 4.38. The van der Waals surface area contributed by atoms with Crippen LogP contribution in [0, 0.1) is 5.92 Å². The number of alkyl halides is 6. The molecule has 1 aromatic carbocycles. The minimum atomic E-state index is -4.80. The zero-order valence-corrected chi connectivity index (χ0v) is 12.3. The highest BCUT2D eigenvalue weighted by atomic mass is 19.4. The van der Waals surface area contributed by atoms with Gasteiger partial charge in [-0.3, -0.25) is 0 Å². The standard InChI is InChI=1S/C15H18F6/c1-8(2)5-11-12(14(16,17)18)6-10(9(3)4)7-13(11)15(19,20)21/h6-9H,5H2,1-4H3. The Hall–Kier alpha value is -1.20. The topological polar surface area (TPSA) is 0 Å². The minimum Gasteiger partial charge on any atom is -0.166 e. The number of hydrogen-bond acceptors (Lipinski definition) is 0. The lowest BCUT2D eigenvalue weighted by Gasteiger charge is -2.22. The lowest BCUT2D eigenvalue weighted by molar-refractivity contribution is -0.144. The van der Waals surface area contributed by atoms with Crippen molar-refractivity contribution in [3.8, 4) is 0 Å². The van der Waals surface area contributed by atoms with E-state index >= 15 is 0 Å². The average molecular weight is 312 g/mol. The Morgan fingerprint density at radius 3 is 1.43 bits per heavy atom. The van der Waals surface area contributed by atoms with Gasteiger partial charge in [0, 0.05) is 0 Å². The zero-order chi connectivity index (χ0) is 16.6. The summed E-state index contributed by atoms with van der Waals surface area (Å²) < 4.78 is 78.9. The molecule has 0 N–H and O–H groups in total. The molecule has 0 spiro atoms. The summed E-state index contributed by atoms with van der Waals surface area (Å²) in [6.45, 7) is 6.32. The highest BCUT2D eigenvalue weighted by molar-refractivity contribution is 5.43. The molecule has 0 saturated heterocycles. The van der Waals surface area contributed by atoms with Crippen LogP contribution in [-0.4, -0.2) is 0 Å². The normalized spacial score (nSPS) is 13.3. The van der Waals surface area contributed by atoms with E-state index in [-0.39, 0.29) is 17.9 Å². The molecule has 0 saturated carbocycles. The first-order valence-corrected chi connectivity index (χ1v) is 6.65. The van der Waals surface area contributed by atoms with Crippen LogP contribution in [0.15, 0.2) is 12.1 Å². The summed E-state index contributed by atoms with van der Waals surface area (Å²) >= 11 is 0. The van der Waals surface area contributed by atoms with Gasteiger partial charge in [-0.2, -0.15) is 26.3 Å². The summed E-state index contributed by atoms with van der Waals surface area (Å²) in [5, 5.41) is 0. The van der Waals surface area contributed by atoms with Gasteiger partial charge in [0.2, 0.25) is 0 Å². The van der Waals surface area contributed by atoms with Crippen molar-refractivity contribution in [2.75, 3.05) is 0 Å². The molecule has 1 aromatic rings. The molecule has 0 atom stereocenters. The maximum absolute atomic E-state index is 13.1. The summed E-state index contributed by atoms with van der Waals surface area (Å²) in [7, 11) is 0. The zero-order valence-electron chi connectivity index (χ0n) is 12.3. The van der Waals surface area contributed by atoms with Gasteiger partial charge in [-0.05, 0) is 41.5 Å². The maximum Gasteiger partial charge on any atom is 0.416 e. The predicted octanol–water partition coefficient (Wildman–Crippen LogP) is 6.05. The van der Waals surface area contributed by atoms with Gasteiger partial charge in [0.25, 0.3) is 0 Å². The third-order valence-electron chi connectivity index (χ3n) is 3.16. The van der Waals surface area contributed by atoms with E-state index in [0.29, 0.717) is 0 Å². The molecule has 0 amide bonds. The molecule has 120 valence electrons. The van der Waals surface area contributed by atoms with Crippen LogP contribution >= 0.6 is 0 Å². The molecule has 0 unspecified atom stereocenters. The maximum atomic E-state index is 13.1. The molecule has 0 aliphatic carbocycles. The van der Waals surface area contributed by atoms with Crippen LogP contribution in [0.1, 0.15) is 55.9 Å². The van der Waals surface area contributed by atoms with Gasteiger partial charge in [-0.1, -0.05) is 27.7 Å². The molecule has 0 radical (unpaired) electrons. The van der Waals surface area contributed by atoms with Crippen molar-refractivity contribution in [2.24, 2.45) is 5.92 Å². The van der Waals surface area contributed by atoms with Crippen molar-refractivity contribution in [3.05, 3.63) is 34.4 Å². The Labute approximate surface area is 120 Å². The Morgan fingerprint density at radius 2 is 1.19 bits per heavy atom. The molecule has 21 heavy (non-hydrogen) atoms. The number of benzene rings is 1. The van der Waals surface area contributed by atoms with Crippen LogP contribution < -0.4 is 0 Å². The molecular formula is C15H18F6. The number of rotatable bonds is 3. The Kier molecular flexibility index (Phi) is 5.01. The van der Waals surface area contributed by atoms with E-state index in [9.17, 15) is 26.3 Å². The molecule has 1 rings (SSSR count). The molecule has 0 nitrogen and oxygen atoms in total. The molecule has 6 heteroatoms. The molecular weight excluding hydrogens is 294 g/mol. The molecule has 0 aromatic heterocycles. The molecule has 0 aliphatic rings. The second-order valence-electron chi connectivity index (χ2n) is 5.84. The van der Waals surface area contributed by atoms with Gasteiger partial charge >= 0.3 is 12.4 Å². The van der Waals surface area contributed by atoms with Crippen molar-refractivity contribution < 1.29 is 26.3 Å². The van der Waals surface area contributed by atoms with E-state index in [0.717, 1.165) is 12.1 Å². The van der Waals surface area contributed by atoms with Crippen LogP contribution in [0.3, 0.4) is 0 Å². The lowest BCUT2D eigenvalue weighted by atomic mass is 9.88. The van der Waals surface area contributed by atoms with E-state index in [1.165, 1.54) is 0 Å². The summed E-state index contributed by atoms with van der Waals surface area (Å²) in [6.07, 6.45) is -9.85. The highest BCUT2D eigenvalue weighted by Crippen LogP contribution is 2.42. The quantitative estimate of drug-likeness (QED) is 0.596. The van der Waals surface area contributed by atoms with Crippen molar-refractivity contribution in [3.63, 3.8) is 0 Å². The second kappa shape index (κ2) is 5.89. The van der Waals surface area contributed by atoms with E-state index in [1.54, 1.807) is 27.7 Å². The van der Waals surface area contributed by atoms with Crippen LogP contribution in [0.2, 0.25) is 0 Å². The lowest BCUT2D eigenvalue weighted by Crippen LogP contribution is -2.19. The SMILES string of the molecule is CC(C)Cc1c(C(F)(F)F)cc(C(C)C)cc1C(F)(F)F. The second-order valence-corrected chi connectivity index (χ2v) is 5.84. The van der Waals surface area contributed by atoms with Crippen molar-refractivity contribution in [2.45, 2.75) is 52.4 Å². The average Bonchev–Trinajstić information content (AvgIpc) is 2.24. The summed E-state index contributed by atoms with van der Waals surface area (Å²) in [5.74, 6) is -0.725. The number of halogens is 6. The smallest absolute Gasteiger partial charge is 0.166 e. The van der Waals surface area contributed by atoms with E-state index in [1.807, 2.05) is 0 Å². The van der Waals surface area contributed by atoms with Crippen LogP contribution in [0.4, 0.5) is 26.3 Å². The number of hydrogen-bond donors (Lipinski definition) is 0. The van der Waals surface area contributed by atoms with Gasteiger partial charge in [0.15, 0.2) is 0 Å². The Morgan fingerprint density at radius 1 is 0.810 bits per heavy atom. The van der Waals surface area contributed by atoms with Crippen molar-refractivity contribution in [1.82, 2.24) is 0 Å². The van der Waals surface area contributed by atoms with Gasteiger partial charge < -0.3 is 0 Å². The molecule has 0 aliphatic heterocycles. The highest BCUT2D eigenvalue weighted by Gasteiger charge is 2.41. The molecule has 0 bridgehead atoms. The van der Waals surface area contributed by atoms with Crippen molar-refractivity contribution >= 4 is 0 Å². The Bertz CT molecular complexity index is 459. The van der Waals surface area contributed by atoms with Gasteiger partial charge in [0.1, 0.15) is 0 Å². The van der Waals surface area contributed by atoms with E-state index in [4.69, 9.17) is 0 Å². The van der Waals surface area contributed by atoms with Crippen molar-refractivity contribution in [1.29, 1.82) is 0 Å². The third-order valence-corrected chi connectivity index (χ3v) is 3.16. The van der Waals surface area contributed by atoms with Crippen LogP contribution in [-0.2, 0) is 18.8 Å². The van der Waals surface area contributed by atoms with Gasteiger partial charge in [-0.15, -0.1) is 0 Å². The van der Waals surface area contributed by atoms with Crippen LogP contribution in [0.5, 0.6) is 0 Å². The molecule has 0 fully saturated rings.